The zero-order valence-corrected chi connectivity index (χ0v) is 36.9. The number of Topliss-reactive ketones (excluding diaryl/α,β-unsaturated/α-hetero) is 1. The molecule has 0 aromatic rings. The van der Waals surface area contributed by atoms with Gasteiger partial charge in [-0.2, -0.15) is 0 Å². The van der Waals surface area contributed by atoms with Crippen molar-refractivity contribution in [3.8, 4) is 0 Å². The molecule has 0 spiro atoms. The molecular formula is C46H75NO11. The largest absolute Gasteiger partial charge is 0.456 e. The lowest BCUT2D eigenvalue weighted by atomic mass is 9.78. The quantitative estimate of drug-likeness (QED) is 0.155. The van der Waals surface area contributed by atoms with Crippen LogP contribution in [0.2, 0.25) is 0 Å². The molecule has 12 nitrogen and oxygen atoms in total. The molecule has 4 rings (SSSR count). The van der Waals surface area contributed by atoms with Crippen molar-refractivity contribution in [3.63, 3.8) is 0 Å². The number of aliphatic hydroxyl groups excluding tert-OH is 2. The fourth-order valence-electron chi connectivity index (χ4n) is 10.1. The first kappa shape index (κ1) is 48.2. The number of carbonyl (C=O) groups is 3. The van der Waals surface area contributed by atoms with Gasteiger partial charge in [-0.05, 0) is 121 Å². The smallest absolute Gasteiger partial charge is 0.329 e. The Balaban J connectivity index is 1.80. The molecule has 0 aromatic heterocycles. The molecule has 0 aromatic carbocycles. The number of ketones is 1. The maximum absolute atomic E-state index is 14.4. The first-order valence-corrected chi connectivity index (χ1v) is 21.9. The number of ether oxygens (including phenoxy) is 5. The minimum Gasteiger partial charge on any atom is -0.456 e. The van der Waals surface area contributed by atoms with Crippen LogP contribution in [-0.2, 0) is 38.1 Å². The number of allylic oxidation sites excluding steroid dienone is 5. The Bertz CT molecular complexity index is 1460. The van der Waals surface area contributed by atoms with E-state index in [1.807, 2.05) is 26.8 Å². The number of aliphatic hydroxyl groups is 3. The van der Waals surface area contributed by atoms with Gasteiger partial charge >= 0.3 is 5.97 Å². The summed E-state index contributed by atoms with van der Waals surface area (Å²) in [6, 6.07) is -1.08. The predicted octanol–water partition coefficient (Wildman–Crippen LogP) is 6.10. The Morgan fingerprint density at radius 3 is 2.24 bits per heavy atom. The van der Waals surface area contributed by atoms with Crippen molar-refractivity contribution in [3.05, 3.63) is 35.5 Å². The highest BCUT2D eigenvalue weighted by molar-refractivity contribution is 6.39. The van der Waals surface area contributed by atoms with Crippen LogP contribution in [0.5, 0.6) is 0 Å². The normalized spacial score (nSPS) is 41.1. The van der Waals surface area contributed by atoms with Gasteiger partial charge < -0.3 is 43.9 Å². The zero-order chi connectivity index (χ0) is 42.9. The molecule has 3 heterocycles. The number of rotatable bonds is 7. The van der Waals surface area contributed by atoms with E-state index in [0.29, 0.717) is 38.5 Å². The van der Waals surface area contributed by atoms with E-state index in [9.17, 15) is 29.7 Å². The van der Waals surface area contributed by atoms with Crippen molar-refractivity contribution < 1.29 is 53.4 Å². The van der Waals surface area contributed by atoms with E-state index in [4.69, 9.17) is 23.7 Å². The van der Waals surface area contributed by atoms with E-state index < -0.39 is 77.9 Å². The summed E-state index contributed by atoms with van der Waals surface area (Å²) in [6.07, 6.45) is 10.4. The van der Waals surface area contributed by atoms with Crippen LogP contribution in [-0.4, -0.2) is 120 Å². The second-order valence-corrected chi connectivity index (χ2v) is 18.0. The Labute approximate surface area is 347 Å². The molecule has 3 aliphatic heterocycles. The van der Waals surface area contributed by atoms with E-state index >= 15 is 0 Å². The number of methoxy groups -OCH3 is 3. The number of nitrogens with zero attached hydrogens (tertiary/aromatic N) is 1. The van der Waals surface area contributed by atoms with Crippen LogP contribution in [0.3, 0.4) is 0 Å². The second-order valence-electron chi connectivity index (χ2n) is 18.0. The van der Waals surface area contributed by atoms with E-state index in [1.165, 1.54) is 10.5 Å². The maximum Gasteiger partial charge on any atom is 0.329 e. The van der Waals surface area contributed by atoms with Crippen molar-refractivity contribution in [2.24, 2.45) is 35.5 Å². The number of cyclic esters (lactones) is 1. The van der Waals surface area contributed by atoms with Crippen LogP contribution in [0.15, 0.2) is 35.5 Å². The van der Waals surface area contributed by atoms with Gasteiger partial charge in [-0.1, -0.05) is 57.6 Å². The monoisotopic (exact) mass is 818 g/mol. The van der Waals surface area contributed by atoms with Gasteiger partial charge in [-0.3, -0.25) is 9.59 Å². The first-order valence-electron chi connectivity index (χ1n) is 21.9. The Hall–Kier alpha value is -2.45. The molecule has 1 aliphatic carbocycles. The third kappa shape index (κ3) is 11.5. The molecule has 3 fully saturated rings. The minimum absolute atomic E-state index is 0.0108. The molecule has 330 valence electrons. The molecule has 58 heavy (non-hydrogen) atoms. The molecule has 15 atom stereocenters. The summed E-state index contributed by atoms with van der Waals surface area (Å²) in [5.41, 5.74) is 1.97. The summed E-state index contributed by atoms with van der Waals surface area (Å²) in [5, 5.41) is 34.6. The third-order valence-corrected chi connectivity index (χ3v) is 13.6. The van der Waals surface area contributed by atoms with Crippen molar-refractivity contribution in [1.29, 1.82) is 0 Å². The second kappa shape index (κ2) is 21.9. The highest BCUT2D eigenvalue weighted by atomic mass is 16.7. The SMILES string of the molecule is CC=CC1CC(O)C(C)C(C(C)=CC2CCC(O)C(OC)C2)OC(=O)C2CCCCN2C(=O)C(=O)C2(O)OC(C(OC)CC(C)CC(C)=CC1CC)C(OC)CC2C. The van der Waals surface area contributed by atoms with Gasteiger partial charge in [0.2, 0.25) is 5.79 Å². The van der Waals surface area contributed by atoms with E-state index in [1.54, 1.807) is 28.3 Å². The summed E-state index contributed by atoms with van der Waals surface area (Å²) >= 11 is 0. The number of fused-ring (bicyclic) bond motifs is 3. The van der Waals surface area contributed by atoms with Crippen LogP contribution in [0, 0.1) is 35.5 Å². The number of hydrogen-bond donors (Lipinski definition) is 3. The van der Waals surface area contributed by atoms with Gasteiger partial charge in [0, 0.05) is 39.7 Å². The number of hydrogen-bond acceptors (Lipinski definition) is 11. The van der Waals surface area contributed by atoms with Crippen molar-refractivity contribution in [1.82, 2.24) is 4.90 Å². The summed E-state index contributed by atoms with van der Waals surface area (Å²) in [4.78, 5) is 44.2. The van der Waals surface area contributed by atoms with Crippen LogP contribution in [0.1, 0.15) is 119 Å². The predicted molar refractivity (Wildman–Crippen MR) is 221 cm³/mol. The molecule has 12 heteroatoms. The summed E-state index contributed by atoms with van der Waals surface area (Å²) in [6.45, 7) is 14.0. The molecule has 4 aliphatic rings. The Morgan fingerprint density at radius 1 is 0.931 bits per heavy atom. The lowest BCUT2D eigenvalue weighted by Crippen LogP contribution is -2.64. The van der Waals surface area contributed by atoms with E-state index in [0.717, 1.165) is 24.8 Å². The number of piperidine rings is 1. The van der Waals surface area contributed by atoms with Crippen molar-refractivity contribution in [2.75, 3.05) is 27.9 Å². The van der Waals surface area contributed by atoms with Gasteiger partial charge in [-0.15, -0.1) is 0 Å². The third-order valence-electron chi connectivity index (χ3n) is 13.6. The highest BCUT2D eigenvalue weighted by Crippen LogP contribution is 2.40. The number of esters is 1. The number of carbonyl (C=O) groups excluding carboxylic acids is 3. The van der Waals surface area contributed by atoms with Crippen LogP contribution < -0.4 is 0 Å². The maximum atomic E-state index is 14.4. The van der Waals surface area contributed by atoms with Crippen LogP contribution in [0.4, 0.5) is 0 Å². The average Bonchev–Trinajstić information content (AvgIpc) is 3.20. The van der Waals surface area contributed by atoms with Gasteiger partial charge in [-0.25, -0.2) is 4.79 Å². The molecule has 1 saturated carbocycles. The fourth-order valence-corrected chi connectivity index (χ4v) is 10.1. The lowest BCUT2D eigenvalue weighted by Gasteiger charge is -2.47. The summed E-state index contributed by atoms with van der Waals surface area (Å²) in [7, 11) is 4.74. The van der Waals surface area contributed by atoms with Crippen molar-refractivity contribution in [2.45, 2.75) is 174 Å². The molecule has 3 N–H and O–H groups in total. The van der Waals surface area contributed by atoms with Gasteiger partial charge in [0.05, 0.1) is 30.5 Å². The van der Waals surface area contributed by atoms with Crippen molar-refractivity contribution >= 4 is 17.7 Å². The molecule has 2 saturated heterocycles. The van der Waals surface area contributed by atoms with Gasteiger partial charge in [0.25, 0.3) is 11.7 Å². The fraction of sp³-hybridized carbons (Fsp3) is 0.804. The first-order chi connectivity index (χ1) is 27.5. The zero-order valence-electron chi connectivity index (χ0n) is 36.9. The van der Waals surface area contributed by atoms with Crippen LogP contribution >= 0.6 is 0 Å². The lowest BCUT2D eigenvalue weighted by molar-refractivity contribution is -0.302. The van der Waals surface area contributed by atoms with Crippen LogP contribution in [0.25, 0.3) is 0 Å². The molecule has 0 radical (unpaired) electrons. The van der Waals surface area contributed by atoms with E-state index in [-0.39, 0.29) is 49.2 Å². The highest BCUT2D eigenvalue weighted by Gasteiger charge is 2.56. The van der Waals surface area contributed by atoms with E-state index in [2.05, 4.69) is 39.0 Å². The average molecular weight is 818 g/mol. The Kier molecular flexibility index (Phi) is 18.2. The van der Waals surface area contributed by atoms with Gasteiger partial charge in [0.15, 0.2) is 0 Å². The van der Waals surface area contributed by atoms with Gasteiger partial charge in [0.1, 0.15) is 18.2 Å². The number of amides is 1. The minimum atomic E-state index is -2.47. The molecule has 15 unspecified atom stereocenters. The molecular weight excluding hydrogens is 743 g/mol. The summed E-state index contributed by atoms with van der Waals surface area (Å²) in [5.74, 6) is -6.25. The molecule has 2 bridgehead atoms. The topological polar surface area (TPSA) is 161 Å². The standard InChI is InChI=1S/C46H75NO11/c1-11-15-34-26-37(49)31(7)41(29(5)23-32-17-18-36(48)38(25-32)54-8)57-45(52)35-16-13-14-19-47(35)44(51)43(50)46(53)30(6)24-40(56-10)42(58-46)39(55-9)22-28(4)20-27(3)21-33(34)12-2/h11,15,21,23,28,30-42,48-49,53H,12-14,16-20,22,24-26H2,1-10H3. The molecule has 1 amide bonds. The summed E-state index contributed by atoms with van der Waals surface area (Å²) < 4.78 is 30.1. The Morgan fingerprint density at radius 2 is 1.60 bits per heavy atom.